The van der Waals surface area contributed by atoms with Crippen molar-refractivity contribution in [2.45, 2.75) is 32.7 Å². The van der Waals surface area contributed by atoms with Gasteiger partial charge in [0.2, 0.25) is 6.79 Å². The summed E-state index contributed by atoms with van der Waals surface area (Å²) >= 11 is 0. The molecule has 1 aromatic carbocycles. The minimum Gasteiger partial charge on any atom is -0.454 e. The molecule has 1 N–H and O–H groups in total. The van der Waals surface area contributed by atoms with Crippen LogP contribution in [0.2, 0.25) is 0 Å². The van der Waals surface area contributed by atoms with Crippen LogP contribution in [0.5, 0.6) is 11.5 Å². The molecule has 1 aliphatic carbocycles. The van der Waals surface area contributed by atoms with Crippen molar-refractivity contribution in [2.75, 3.05) is 6.79 Å². The normalized spacial score (nSPS) is 17.7. The Balaban J connectivity index is 1.37. The van der Waals surface area contributed by atoms with Crippen LogP contribution in [-0.4, -0.2) is 27.3 Å². The minimum atomic E-state index is -0.181. The molecule has 2 aliphatic rings. The zero-order chi connectivity index (χ0) is 18.4. The van der Waals surface area contributed by atoms with E-state index in [1.807, 2.05) is 28.9 Å². The van der Waals surface area contributed by atoms with Gasteiger partial charge in [0.15, 0.2) is 17.1 Å². The Bertz CT molecular complexity index is 1040. The molecule has 3 heterocycles. The molecule has 3 aromatic rings. The van der Waals surface area contributed by atoms with Gasteiger partial charge in [-0.2, -0.15) is 5.10 Å². The number of aryl methyl sites for hydroxylation is 1. The summed E-state index contributed by atoms with van der Waals surface area (Å²) in [7, 11) is 0. The fourth-order valence-corrected chi connectivity index (χ4v) is 3.80. The summed E-state index contributed by atoms with van der Waals surface area (Å²) in [6, 6.07) is 5.65. The van der Waals surface area contributed by atoms with Crippen LogP contribution in [-0.2, 0) is 19.4 Å². The summed E-state index contributed by atoms with van der Waals surface area (Å²) in [5.41, 5.74) is 4.47. The van der Waals surface area contributed by atoms with Crippen molar-refractivity contribution in [3.05, 3.63) is 53.0 Å². The fraction of sp³-hybridized carbons (Fsp3) is 0.350. The molecule has 1 atom stereocenters. The van der Waals surface area contributed by atoms with Crippen LogP contribution in [0, 0.1) is 5.92 Å². The number of hydrogen-bond donors (Lipinski definition) is 1. The third-order valence-corrected chi connectivity index (χ3v) is 5.29. The summed E-state index contributed by atoms with van der Waals surface area (Å²) in [6.07, 6.45) is 6.63. The first-order valence-corrected chi connectivity index (χ1v) is 9.20. The quantitative estimate of drug-likeness (QED) is 0.773. The van der Waals surface area contributed by atoms with Crippen molar-refractivity contribution in [3.63, 3.8) is 0 Å². The minimum absolute atomic E-state index is 0.181. The first-order valence-electron chi connectivity index (χ1n) is 9.20. The molecule has 0 saturated heterocycles. The number of rotatable bonds is 3. The Kier molecular flexibility index (Phi) is 3.74. The number of nitrogens with zero attached hydrogens (tertiary/aromatic N) is 3. The Hall–Kier alpha value is -3.09. The molecule has 0 radical (unpaired) electrons. The van der Waals surface area contributed by atoms with E-state index in [-0.39, 0.29) is 12.7 Å². The van der Waals surface area contributed by atoms with E-state index in [0.717, 1.165) is 30.6 Å². The maximum atomic E-state index is 12.7. The van der Waals surface area contributed by atoms with E-state index in [1.54, 1.807) is 6.20 Å². The third kappa shape index (κ3) is 2.79. The second-order valence-electron chi connectivity index (χ2n) is 7.24. The number of nitrogens with one attached hydrogen (secondary N) is 1. The lowest BCUT2D eigenvalue weighted by Crippen LogP contribution is -2.23. The van der Waals surface area contributed by atoms with Gasteiger partial charge in [-0.25, -0.2) is 9.50 Å². The lowest BCUT2D eigenvalue weighted by atomic mass is 9.89. The van der Waals surface area contributed by atoms with Gasteiger partial charge in [-0.3, -0.25) is 4.79 Å². The van der Waals surface area contributed by atoms with E-state index >= 15 is 0 Å². The van der Waals surface area contributed by atoms with Crippen LogP contribution >= 0.6 is 0 Å². The maximum Gasteiger partial charge on any atom is 0.257 e. The number of hydrogen-bond acceptors (Lipinski definition) is 5. The largest absolute Gasteiger partial charge is 0.454 e. The monoisotopic (exact) mass is 364 g/mol. The van der Waals surface area contributed by atoms with Gasteiger partial charge in [-0.15, -0.1) is 0 Å². The van der Waals surface area contributed by atoms with Gasteiger partial charge in [0.25, 0.3) is 5.91 Å². The van der Waals surface area contributed by atoms with E-state index in [1.165, 1.54) is 11.3 Å². The zero-order valence-electron chi connectivity index (χ0n) is 15.1. The highest BCUT2D eigenvalue weighted by Gasteiger charge is 2.22. The van der Waals surface area contributed by atoms with Gasteiger partial charge in [-0.1, -0.05) is 13.0 Å². The van der Waals surface area contributed by atoms with Crippen LogP contribution in [0.15, 0.2) is 30.6 Å². The van der Waals surface area contributed by atoms with Crippen LogP contribution < -0.4 is 14.8 Å². The van der Waals surface area contributed by atoms with Crippen molar-refractivity contribution >= 4 is 11.6 Å². The number of amides is 1. The van der Waals surface area contributed by atoms with Crippen molar-refractivity contribution in [1.29, 1.82) is 0 Å². The summed E-state index contributed by atoms with van der Waals surface area (Å²) in [5.74, 6) is 1.92. The number of benzene rings is 1. The van der Waals surface area contributed by atoms with Gasteiger partial charge < -0.3 is 14.8 Å². The molecule has 0 bridgehead atoms. The molecule has 5 rings (SSSR count). The summed E-state index contributed by atoms with van der Waals surface area (Å²) in [5, 5.41) is 7.38. The predicted molar refractivity (Wildman–Crippen MR) is 97.9 cm³/mol. The lowest BCUT2D eigenvalue weighted by molar-refractivity contribution is 0.0952. The molecule has 0 fully saturated rings. The van der Waals surface area contributed by atoms with Gasteiger partial charge in [0.1, 0.15) is 5.56 Å². The summed E-state index contributed by atoms with van der Waals surface area (Å²) < 4.78 is 12.5. The lowest BCUT2D eigenvalue weighted by Gasteiger charge is -2.21. The maximum absolute atomic E-state index is 12.7. The molecule has 0 saturated carbocycles. The molecule has 0 spiro atoms. The Morgan fingerprint density at radius 1 is 1.30 bits per heavy atom. The molecule has 7 heteroatoms. The number of ether oxygens (including phenoxy) is 2. The molecule has 7 nitrogen and oxygen atoms in total. The number of carbonyl (C=O) groups is 1. The van der Waals surface area contributed by atoms with Gasteiger partial charge in [0, 0.05) is 18.4 Å². The van der Waals surface area contributed by atoms with Crippen LogP contribution in [0.25, 0.3) is 5.65 Å². The van der Waals surface area contributed by atoms with Gasteiger partial charge >= 0.3 is 0 Å². The van der Waals surface area contributed by atoms with Crippen molar-refractivity contribution in [1.82, 2.24) is 19.9 Å². The molecular formula is C20H20N4O3. The first-order chi connectivity index (χ1) is 13.2. The average Bonchev–Trinajstić information content (AvgIpc) is 3.32. The van der Waals surface area contributed by atoms with Crippen LogP contribution in [0.3, 0.4) is 0 Å². The standard InChI is InChI=1S/C20H20N4O3/c1-12-2-4-16-14(6-12)9-21-19-15(10-23-24(16)19)20(25)22-8-13-3-5-17-18(7-13)27-11-26-17/h3,5,7,9-10,12H,2,4,6,8,11H2,1H3,(H,22,25)/t12-/m0/s1. The van der Waals surface area contributed by atoms with E-state index in [4.69, 9.17) is 9.47 Å². The molecule has 27 heavy (non-hydrogen) atoms. The van der Waals surface area contributed by atoms with Crippen molar-refractivity contribution < 1.29 is 14.3 Å². The number of carbonyl (C=O) groups excluding carboxylic acids is 1. The zero-order valence-corrected chi connectivity index (χ0v) is 15.1. The third-order valence-electron chi connectivity index (χ3n) is 5.29. The predicted octanol–water partition coefficient (Wildman–Crippen LogP) is 2.51. The highest BCUT2D eigenvalue weighted by Crippen LogP contribution is 2.32. The van der Waals surface area contributed by atoms with Crippen LogP contribution in [0.4, 0.5) is 0 Å². The molecule has 0 unspecified atom stereocenters. The summed E-state index contributed by atoms with van der Waals surface area (Å²) in [6.45, 7) is 2.89. The van der Waals surface area contributed by atoms with E-state index in [9.17, 15) is 4.79 Å². The summed E-state index contributed by atoms with van der Waals surface area (Å²) in [4.78, 5) is 17.2. The molecule has 1 amide bonds. The van der Waals surface area contributed by atoms with E-state index in [2.05, 4.69) is 22.3 Å². The average molecular weight is 364 g/mol. The topological polar surface area (TPSA) is 77.8 Å². The highest BCUT2D eigenvalue weighted by molar-refractivity contribution is 5.99. The Labute approximate surface area is 156 Å². The van der Waals surface area contributed by atoms with Crippen molar-refractivity contribution in [2.24, 2.45) is 5.92 Å². The Morgan fingerprint density at radius 2 is 2.19 bits per heavy atom. The smallest absolute Gasteiger partial charge is 0.257 e. The molecule has 2 aromatic heterocycles. The van der Waals surface area contributed by atoms with Gasteiger partial charge in [-0.05, 0) is 48.4 Å². The molecule has 138 valence electrons. The highest BCUT2D eigenvalue weighted by atomic mass is 16.7. The second kappa shape index (κ2) is 6.26. The Morgan fingerprint density at radius 3 is 3.11 bits per heavy atom. The first kappa shape index (κ1) is 16.1. The number of aromatic nitrogens is 3. The molecule has 1 aliphatic heterocycles. The van der Waals surface area contributed by atoms with E-state index in [0.29, 0.717) is 29.4 Å². The van der Waals surface area contributed by atoms with Crippen LogP contribution in [0.1, 0.15) is 40.5 Å². The fourth-order valence-electron chi connectivity index (χ4n) is 3.80. The van der Waals surface area contributed by atoms with Gasteiger partial charge in [0.05, 0.1) is 6.20 Å². The van der Waals surface area contributed by atoms with Crippen molar-refractivity contribution in [3.8, 4) is 11.5 Å². The number of fused-ring (bicyclic) bond motifs is 4. The second-order valence-corrected chi connectivity index (χ2v) is 7.24. The molecular weight excluding hydrogens is 344 g/mol. The SMILES string of the molecule is C[C@H]1CCc2c(cnc3c(C(=O)NCc4ccc5c(c4)OCO5)cnn23)C1. The van der Waals surface area contributed by atoms with E-state index < -0.39 is 0 Å².